The zero-order chi connectivity index (χ0) is 16.3. The number of carbonyl (C=O) groups is 2. The number of amides is 1. The van der Waals surface area contributed by atoms with Gasteiger partial charge in [-0.15, -0.1) is 0 Å². The molecule has 5 heteroatoms. The Morgan fingerprint density at radius 2 is 1.91 bits per heavy atom. The average Bonchev–Trinajstić information content (AvgIpc) is 2.82. The lowest BCUT2D eigenvalue weighted by Crippen LogP contribution is -2.44. The predicted octanol–water partition coefficient (Wildman–Crippen LogP) is 2.51. The summed E-state index contributed by atoms with van der Waals surface area (Å²) in [5, 5.41) is 13.3. The van der Waals surface area contributed by atoms with Gasteiger partial charge in [0.05, 0.1) is 5.60 Å². The Hall–Kier alpha value is -1.62. The van der Waals surface area contributed by atoms with Crippen molar-refractivity contribution in [1.82, 2.24) is 10.3 Å². The van der Waals surface area contributed by atoms with E-state index in [1.54, 1.807) is 6.92 Å². The number of rotatable bonds is 5. The number of ketones is 1. The van der Waals surface area contributed by atoms with Gasteiger partial charge in [-0.2, -0.15) is 0 Å². The molecule has 0 aliphatic heterocycles. The summed E-state index contributed by atoms with van der Waals surface area (Å²) in [6.45, 7) is 5.52. The van der Waals surface area contributed by atoms with Gasteiger partial charge in [-0.25, -0.2) is 0 Å². The molecular weight excluding hydrogens is 280 g/mol. The van der Waals surface area contributed by atoms with Gasteiger partial charge in [-0.3, -0.25) is 9.59 Å². The van der Waals surface area contributed by atoms with Crippen molar-refractivity contribution in [2.75, 3.05) is 6.54 Å². The van der Waals surface area contributed by atoms with Crippen LogP contribution in [0.5, 0.6) is 0 Å². The SMILES string of the molecule is CCc1c(C(=O)NCC2(O)CCCCC2)[nH]c(C)c1C(C)=O. The molecule has 0 atom stereocenters. The van der Waals surface area contributed by atoms with Gasteiger partial charge in [0.2, 0.25) is 0 Å². The van der Waals surface area contributed by atoms with Crippen LogP contribution >= 0.6 is 0 Å². The molecular formula is C17H26N2O3. The van der Waals surface area contributed by atoms with E-state index in [4.69, 9.17) is 0 Å². The maximum absolute atomic E-state index is 12.4. The number of aromatic nitrogens is 1. The van der Waals surface area contributed by atoms with Crippen LogP contribution in [0, 0.1) is 6.92 Å². The van der Waals surface area contributed by atoms with Gasteiger partial charge in [0.15, 0.2) is 5.78 Å². The molecule has 1 amide bonds. The van der Waals surface area contributed by atoms with Crippen LogP contribution in [0.1, 0.15) is 78.1 Å². The van der Waals surface area contributed by atoms with Gasteiger partial charge < -0.3 is 15.4 Å². The zero-order valence-electron chi connectivity index (χ0n) is 13.7. The van der Waals surface area contributed by atoms with Gasteiger partial charge in [-0.05, 0) is 38.7 Å². The van der Waals surface area contributed by atoms with Crippen LogP contribution in [0.15, 0.2) is 0 Å². The molecule has 1 aromatic heterocycles. The molecule has 0 unspecified atom stereocenters. The van der Waals surface area contributed by atoms with Crippen molar-refractivity contribution in [3.05, 3.63) is 22.5 Å². The molecule has 1 aromatic rings. The Morgan fingerprint density at radius 1 is 1.27 bits per heavy atom. The number of hydrogen-bond donors (Lipinski definition) is 3. The smallest absolute Gasteiger partial charge is 0.268 e. The highest BCUT2D eigenvalue weighted by Gasteiger charge is 2.30. The summed E-state index contributed by atoms with van der Waals surface area (Å²) in [4.78, 5) is 27.2. The van der Waals surface area contributed by atoms with E-state index >= 15 is 0 Å². The minimum atomic E-state index is -0.786. The molecule has 2 rings (SSSR count). The third kappa shape index (κ3) is 3.40. The molecule has 0 radical (unpaired) electrons. The van der Waals surface area contributed by atoms with Crippen LogP contribution in [0.2, 0.25) is 0 Å². The predicted molar refractivity (Wildman–Crippen MR) is 85.3 cm³/mol. The van der Waals surface area contributed by atoms with E-state index in [0.717, 1.165) is 43.4 Å². The van der Waals surface area contributed by atoms with E-state index in [0.29, 0.717) is 17.7 Å². The van der Waals surface area contributed by atoms with Gasteiger partial charge in [0, 0.05) is 17.8 Å². The second kappa shape index (κ2) is 6.65. The zero-order valence-corrected chi connectivity index (χ0v) is 13.7. The lowest BCUT2D eigenvalue weighted by Gasteiger charge is -2.32. The topological polar surface area (TPSA) is 82.2 Å². The monoisotopic (exact) mass is 306 g/mol. The van der Waals surface area contributed by atoms with Crippen molar-refractivity contribution >= 4 is 11.7 Å². The summed E-state index contributed by atoms with van der Waals surface area (Å²) in [6, 6.07) is 0. The summed E-state index contributed by atoms with van der Waals surface area (Å²) >= 11 is 0. The first-order valence-corrected chi connectivity index (χ1v) is 8.11. The van der Waals surface area contributed by atoms with Crippen LogP contribution in [0.3, 0.4) is 0 Å². The van der Waals surface area contributed by atoms with Crippen molar-refractivity contribution in [3.63, 3.8) is 0 Å². The molecule has 1 fully saturated rings. The highest BCUT2D eigenvalue weighted by molar-refractivity contribution is 6.02. The van der Waals surface area contributed by atoms with Crippen LogP contribution < -0.4 is 5.32 Å². The van der Waals surface area contributed by atoms with Crippen molar-refractivity contribution in [2.24, 2.45) is 0 Å². The molecule has 1 saturated carbocycles. The fourth-order valence-electron chi connectivity index (χ4n) is 3.42. The van der Waals surface area contributed by atoms with Crippen molar-refractivity contribution in [1.29, 1.82) is 0 Å². The molecule has 0 spiro atoms. The number of aromatic amines is 1. The number of aryl methyl sites for hydroxylation is 1. The fourth-order valence-corrected chi connectivity index (χ4v) is 3.42. The fraction of sp³-hybridized carbons (Fsp3) is 0.647. The van der Waals surface area contributed by atoms with E-state index in [1.165, 1.54) is 6.92 Å². The van der Waals surface area contributed by atoms with Crippen LogP contribution in [0.25, 0.3) is 0 Å². The second-order valence-electron chi connectivity index (χ2n) is 6.36. The second-order valence-corrected chi connectivity index (χ2v) is 6.36. The Bertz CT molecular complexity index is 569. The summed E-state index contributed by atoms with van der Waals surface area (Å²) in [5.74, 6) is -0.276. The Labute approximate surface area is 131 Å². The number of hydrogen-bond acceptors (Lipinski definition) is 3. The summed E-state index contributed by atoms with van der Waals surface area (Å²) < 4.78 is 0. The van der Waals surface area contributed by atoms with E-state index < -0.39 is 5.60 Å². The van der Waals surface area contributed by atoms with E-state index in [9.17, 15) is 14.7 Å². The number of Topliss-reactive ketones (excluding diaryl/α,β-unsaturated/α-hetero) is 1. The molecule has 0 bridgehead atoms. The largest absolute Gasteiger partial charge is 0.388 e. The minimum absolute atomic E-state index is 0.0319. The highest BCUT2D eigenvalue weighted by atomic mass is 16.3. The number of H-pyrrole nitrogens is 1. The Balaban J connectivity index is 2.13. The lowest BCUT2D eigenvalue weighted by atomic mass is 9.85. The summed E-state index contributed by atoms with van der Waals surface area (Å²) in [7, 11) is 0. The molecule has 1 aliphatic carbocycles. The Kier molecular flexibility index (Phi) is 5.06. The van der Waals surface area contributed by atoms with E-state index in [2.05, 4.69) is 10.3 Å². The number of carbonyl (C=O) groups excluding carboxylic acids is 2. The summed E-state index contributed by atoms with van der Waals surface area (Å²) in [5.41, 5.74) is 1.77. The Morgan fingerprint density at radius 3 is 2.45 bits per heavy atom. The van der Waals surface area contributed by atoms with Crippen LogP contribution in [0.4, 0.5) is 0 Å². The van der Waals surface area contributed by atoms with Gasteiger partial charge in [0.1, 0.15) is 5.69 Å². The summed E-state index contributed by atoms with van der Waals surface area (Å²) in [6.07, 6.45) is 5.23. The first kappa shape index (κ1) is 16.7. The van der Waals surface area contributed by atoms with Crippen molar-refractivity contribution in [2.45, 2.75) is 64.9 Å². The number of aliphatic hydroxyl groups is 1. The molecule has 5 nitrogen and oxygen atoms in total. The molecule has 0 saturated heterocycles. The van der Waals surface area contributed by atoms with Crippen molar-refractivity contribution < 1.29 is 14.7 Å². The first-order valence-electron chi connectivity index (χ1n) is 8.11. The van der Waals surface area contributed by atoms with Gasteiger partial charge in [-0.1, -0.05) is 26.2 Å². The van der Waals surface area contributed by atoms with Gasteiger partial charge >= 0.3 is 0 Å². The lowest BCUT2D eigenvalue weighted by molar-refractivity contribution is 0.00520. The third-order valence-corrected chi connectivity index (χ3v) is 4.59. The first-order chi connectivity index (χ1) is 10.4. The third-order valence-electron chi connectivity index (χ3n) is 4.59. The molecule has 0 aromatic carbocycles. The molecule has 1 heterocycles. The normalized spacial score (nSPS) is 17.3. The number of nitrogens with one attached hydrogen (secondary N) is 2. The highest BCUT2D eigenvalue weighted by Crippen LogP contribution is 2.27. The maximum Gasteiger partial charge on any atom is 0.268 e. The minimum Gasteiger partial charge on any atom is -0.388 e. The van der Waals surface area contributed by atoms with Crippen LogP contribution in [-0.2, 0) is 6.42 Å². The molecule has 1 aliphatic rings. The van der Waals surface area contributed by atoms with E-state index in [1.807, 2.05) is 6.92 Å². The molecule has 122 valence electrons. The van der Waals surface area contributed by atoms with Crippen LogP contribution in [-0.4, -0.2) is 33.9 Å². The average molecular weight is 306 g/mol. The molecule has 22 heavy (non-hydrogen) atoms. The van der Waals surface area contributed by atoms with E-state index in [-0.39, 0.29) is 18.2 Å². The standard InChI is InChI=1S/C17H26N2O3/c1-4-13-14(12(3)20)11(2)19-15(13)16(21)18-10-17(22)8-6-5-7-9-17/h19,22H,4-10H2,1-3H3,(H,18,21). The molecule has 3 N–H and O–H groups in total. The maximum atomic E-state index is 12.4. The van der Waals surface area contributed by atoms with Gasteiger partial charge in [0.25, 0.3) is 5.91 Å². The van der Waals surface area contributed by atoms with Crippen molar-refractivity contribution in [3.8, 4) is 0 Å². The quantitative estimate of drug-likeness (QED) is 0.731.